The van der Waals surface area contributed by atoms with E-state index in [9.17, 15) is 0 Å². The molecule has 1 saturated heterocycles. The molecule has 0 amide bonds. The van der Waals surface area contributed by atoms with Crippen molar-refractivity contribution in [1.29, 1.82) is 0 Å². The summed E-state index contributed by atoms with van der Waals surface area (Å²) in [5.74, 6) is 0. The summed E-state index contributed by atoms with van der Waals surface area (Å²) in [6.45, 7) is 10.1. The molecule has 1 aliphatic rings. The quantitative estimate of drug-likeness (QED) is 0.915. The second-order valence-corrected chi connectivity index (χ2v) is 6.48. The third-order valence-electron chi connectivity index (χ3n) is 4.52. The molecule has 1 unspecified atom stereocenters. The molecular weight excluding hydrogens is 246 g/mol. The first kappa shape index (κ1) is 15.2. The summed E-state index contributed by atoms with van der Waals surface area (Å²) in [7, 11) is 4.23. The molecule has 20 heavy (non-hydrogen) atoms. The number of benzene rings is 1. The Bertz CT molecular complexity index is 456. The average molecular weight is 275 g/mol. The number of nitrogens with zero attached hydrogens (tertiary/aromatic N) is 2. The Kier molecular flexibility index (Phi) is 4.59. The molecule has 1 N–H and O–H groups in total. The van der Waals surface area contributed by atoms with E-state index in [0.717, 1.165) is 26.1 Å². The summed E-state index contributed by atoms with van der Waals surface area (Å²) < 4.78 is 0. The molecule has 0 aliphatic carbocycles. The Morgan fingerprint density at radius 3 is 2.75 bits per heavy atom. The van der Waals surface area contributed by atoms with Gasteiger partial charge in [0.2, 0.25) is 0 Å². The third kappa shape index (κ3) is 3.26. The van der Waals surface area contributed by atoms with E-state index in [4.69, 9.17) is 0 Å². The second kappa shape index (κ2) is 6.04. The Morgan fingerprint density at radius 2 is 2.10 bits per heavy atom. The smallest absolute Gasteiger partial charge is 0.0411 e. The minimum atomic E-state index is 0.222. The highest BCUT2D eigenvalue weighted by Crippen LogP contribution is 2.27. The van der Waals surface area contributed by atoms with Crippen molar-refractivity contribution in [2.45, 2.75) is 39.2 Å². The van der Waals surface area contributed by atoms with Crippen molar-refractivity contribution in [3.63, 3.8) is 0 Å². The summed E-state index contributed by atoms with van der Waals surface area (Å²) >= 11 is 0. The Balaban J connectivity index is 2.27. The molecule has 0 spiro atoms. The van der Waals surface area contributed by atoms with E-state index in [1.54, 1.807) is 0 Å². The zero-order valence-electron chi connectivity index (χ0n) is 13.7. The highest BCUT2D eigenvalue weighted by molar-refractivity contribution is 5.63. The zero-order chi connectivity index (χ0) is 14.8. The van der Waals surface area contributed by atoms with Crippen LogP contribution in [0.25, 0.3) is 0 Å². The topological polar surface area (TPSA) is 18.5 Å². The second-order valence-electron chi connectivity index (χ2n) is 6.48. The molecule has 1 heterocycles. The number of rotatable bonds is 3. The molecule has 3 nitrogen and oxygen atoms in total. The first-order valence-corrected chi connectivity index (χ1v) is 7.73. The van der Waals surface area contributed by atoms with Gasteiger partial charge in [-0.1, -0.05) is 13.0 Å². The first-order valence-electron chi connectivity index (χ1n) is 7.73. The van der Waals surface area contributed by atoms with Crippen LogP contribution in [0, 0.1) is 6.92 Å². The van der Waals surface area contributed by atoms with Gasteiger partial charge >= 0.3 is 0 Å². The van der Waals surface area contributed by atoms with Crippen LogP contribution in [0.1, 0.15) is 32.3 Å². The molecular formula is C17H29N3. The summed E-state index contributed by atoms with van der Waals surface area (Å²) in [4.78, 5) is 4.74. The fourth-order valence-electron chi connectivity index (χ4n) is 2.95. The van der Waals surface area contributed by atoms with Gasteiger partial charge in [-0.25, -0.2) is 0 Å². The van der Waals surface area contributed by atoms with Crippen molar-refractivity contribution >= 4 is 11.4 Å². The van der Waals surface area contributed by atoms with E-state index in [1.807, 2.05) is 0 Å². The van der Waals surface area contributed by atoms with E-state index in [2.05, 4.69) is 68.2 Å². The molecule has 1 atom stereocenters. The molecule has 0 radical (unpaired) electrons. The van der Waals surface area contributed by atoms with Crippen molar-refractivity contribution in [1.82, 2.24) is 5.32 Å². The van der Waals surface area contributed by atoms with Crippen molar-refractivity contribution in [2.24, 2.45) is 0 Å². The number of anilines is 2. The molecule has 1 fully saturated rings. The van der Waals surface area contributed by atoms with Crippen LogP contribution >= 0.6 is 0 Å². The summed E-state index contributed by atoms with van der Waals surface area (Å²) in [6, 6.07) is 6.84. The lowest BCUT2D eigenvalue weighted by atomic mass is 9.98. The van der Waals surface area contributed by atoms with Crippen LogP contribution < -0.4 is 15.1 Å². The van der Waals surface area contributed by atoms with Crippen molar-refractivity contribution in [2.75, 3.05) is 43.5 Å². The van der Waals surface area contributed by atoms with Gasteiger partial charge in [0.1, 0.15) is 0 Å². The predicted molar refractivity (Wildman–Crippen MR) is 89.0 cm³/mol. The largest absolute Gasteiger partial charge is 0.377 e. The van der Waals surface area contributed by atoms with Gasteiger partial charge in [0, 0.05) is 44.1 Å². The van der Waals surface area contributed by atoms with Crippen LogP contribution in [0.2, 0.25) is 0 Å². The molecule has 1 aromatic rings. The Labute approximate surface area is 124 Å². The van der Waals surface area contributed by atoms with Crippen LogP contribution in [-0.4, -0.2) is 39.3 Å². The van der Waals surface area contributed by atoms with Crippen LogP contribution in [-0.2, 0) is 0 Å². The van der Waals surface area contributed by atoms with Crippen LogP contribution in [0.15, 0.2) is 18.2 Å². The fourth-order valence-corrected chi connectivity index (χ4v) is 2.95. The predicted octanol–water partition coefficient (Wildman–Crippen LogP) is 3.03. The van der Waals surface area contributed by atoms with Crippen molar-refractivity contribution in [3.8, 4) is 0 Å². The third-order valence-corrected chi connectivity index (χ3v) is 4.52. The summed E-state index contributed by atoms with van der Waals surface area (Å²) in [5, 5.41) is 3.70. The Hall–Kier alpha value is -1.22. The van der Waals surface area contributed by atoms with Gasteiger partial charge in [0.05, 0.1) is 0 Å². The Morgan fingerprint density at radius 1 is 1.35 bits per heavy atom. The standard InChI is InChI=1S/C17H29N3/c1-6-17(3)13-20(11-7-10-18-17)15-9-8-14(2)16(12-15)19(4)5/h8-9,12,18H,6-7,10-11,13H2,1-5H3. The maximum atomic E-state index is 3.70. The fraction of sp³-hybridized carbons (Fsp3) is 0.647. The normalized spacial score (nSPS) is 23.6. The molecule has 1 aromatic carbocycles. The number of nitrogens with one attached hydrogen (secondary N) is 1. The van der Waals surface area contributed by atoms with Gasteiger partial charge in [-0.05, 0) is 50.9 Å². The van der Waals surface area contributed by atoms with E-state index in [1.165, 1.54) is 23.4 Å². The highest BCUT2D eigenvalue weighted by atomic mass is 15.2. The van der Waals surface area contributed by atoms with Gasteiger partial charge in [-0.2, -0.15) is 0 Å². The summed E-state index contributed by atoms with van der Waals surface area (Å²) in [6.07, 6.45) is 2.37. The SMILES string of the molecule is CCC1(C)CN(c2ccc(C)c(N(C)C)c2)CCCN1. The molecule has 2 rings (SSSR count). The number of aryl methyl sites for hydroxylation is 1. The maximum absolute atomic E-state index is 3.70. The lowest BCUT2D eigenvalue weighted by molar-refractivity contribution is 0.366. The summed E-state index contributed by atoms with van der Waals surface area (Å²) in [5.41, 5.74) is 4.23. The number of hydrogen-bond acceptors (Lipinski definition) is 3. The van der Waals surface area contributed by atoms with Gasteiger partial charge in [-0.3, -0.25) is 0 Å². The van der Waals surface area contributed by atoms with Crippen LogP contribution in [0.4, 0.5) is 11.4 Å². The molecule has 112 valence electrons. The lowest BCUT2D eigenvalue weighted by Crippen LogP contribution is -2.48. The van der Waals surface area contributed by atoms with Crippen molar-refractivity contribution < 1.29 is 0 Å². The molecule has 1 aliphatic heterocycles. The minimum absolute atomic E-state index is 0.222. The maximum Gasteiger partial charge on any atom is 0.0411 e. The van der Waals surface area contributed by atoms with Gasteiger partial charge in [0.25, 0.3) is 0 Å². The van der Waals surface area contributed by atoms with Crippen molar-refractivity contribution in [3.05, 3.63) is 23.8 Å². The van der Waals surface area contributed by atoms with Gasteiger partial charge in [-0.15, -0.1) is 0 Å². The van der Waals surface area contributed by atoms with E-state index in [-0.39, 0.29) is 5.54 Å². The molecule has 0 aromatic heterocycles. The van der Waals surface area contributed by atoms with Gasteiger partial charge < -0.3 is 15.1 Å². The molecule has 3 heteroatoms. The van der Waals surface area contributed by atoms with E-state index < -0.39 is 0 Å². The van der Waals surface area contributed by atoms with E-state index >= 15 is 0 Å². The van der Waals surface area contributed by atoms with Crippen LogP contribution in [0.3, 0.4) is 0 Å². The first-order chi connectivity index (χ1) is 9.45. The van der Waals surface area contributed by atoms with Crippen LogP contribution in [0.5, 0.6) is 0 Å². The number of hydrogen-bond donors (Lipinski definition) is 1. The minimum Gasteiger partial charge on any atom is -0.377 e. The zero-order valence-corrected chi connectivity index (χ0v) is 13.7. The van der Waals surface area contributed by atoms with Gasteiger partial charge in [0.15, 0.2) is 0 Å². The molecule has 0 bridgehead atoms. The monoisotopic (exact) mass is 275 g/mol. The average Bonchev–Trinajstić information content (AvgIpc) is 2.62. The lowest BCUT2D eigenvalue weighted by Gasteiger charge is -2.34. The van der Waals surface area contributed by atoms with E-state index in [0.29, 0.717) is 0 Å². The molecule has 0 saturated carbocycles. The highest BCUT2D eigenvalue weighted by Gasteiger charge is 2.27.